The van der Waals surface area contributed by atoms with Crippen LogP contribution in [0.4, 0.5) is 5.69 Å². The van der Waals surface area contributed by atoms with E-state index in [0.29, 0.717) is 5.69 Å². The van der Waals surface area contributed by atoms with Gasteiger partial charge in [0.2, 0.25) is 11.6 Å². The maximum Gasteiger partial charge on any atom is 0.342 e. The molecule has 2 aromatic heterocycles. The van der Waals surface area contributed by atoms with Crippen LogP contribution in [0.1, 0.15) is 23.0 Å². The number of carbonyl (C=O) groups is 2. The molecule has 0 saturated carbocycles. The molecule has 0 saturated heterocycles. The fourth-order valence-electron chi connectivity index (χ4n) is 2.93. The minimum absolute atomic E-state index is 0.00177. The molecule has 0 aliphatic rings. The zero-order valence-electron chi connectivity index (χ0n) is 15.9. The maximum absolute atomic E-state index is 12.9. The van der Waals surface area contributed by atoms with E-state index >= 15 is 0 Å². The predicted molar refractivity (Wildman–Crippen MR) is 103 cm³/mol. The van der Waals surface area contributed by atoms with Gasteiger partial charge in [-0.15, -0.1) is 0 Å². The van der Waals surface area contributed by atoms with Gasteiger partial charge in [0, 0.05) is 5.69 Å². The van der Waals surface area contributed by atoms with E-state index in [2.05, 4.69) is 4.98 Å². The molecule has 0 spiro atoms. The van der Waals surface area contributed by atoms with Crippen LogP contribution in [0.3, 0.4) is 0 Å². The summed E-state index contributed by atoms with van der Waals surface area (Å²) in [7, 11) is 0. The highest BCUT2D eigenvalue weighted by atomic mass is 16.5. The highest BCUT2D eigenvalue weighted by Crippen LogP contribution is 2.22. The van der Waals surface area contributed by atoms with Crippen LogP contribution < -0.4 is 10.5 Å². The molecule has 0 aliphatic heterocycles. The number of aromatic nitrogens is 2. The lowest BCUT2D eigenvalue weighted by Crippen LogP contribution is -2.37. The minimum Gasteiger partial charge on any atom is -0.462 e. The van der Waals surface area contributed by atoms with Gasteiger partial charge in [-0.2, -0.15) is 5.26 Å². The SMILES string of the molecule is CCOC(=O)c1c(C)oc2ncn(CC(=O)N(CC#N)c3ccccc3)c(=O)c12. The van der Waals surface area contributed by atoms with Crippen molar-refractivity contribution in [3.63, 3.8) is 0 Å². The van der Waals surface area contributed by atoms with E-state index in [0.717, 1.165) is 4.57 Å². The van der Waals surface area contributed by atoms with Gasteiger partial charge >= 0.3 is 5.97 Å². The summed E-state index contributed by atoms with van der Waals surface area (Å²) in [6.45, 7) is 2.79. The minimum atomic E-state index is -0.692. The highest BCUT2D eigenvalue weighted by Gasteiger charge is 2.25. The van der Waals surface area contributed by atoms with Gasteiger partial charge in [0.25, 0.3) is 5.56 Å². The lowest BCUT2D eigenvalue weighted by molar-refractivity contribution is -0.119. The smallest absolute Gasteiger partial charge is 0.342 e. The molecule has 9 heteroatoms. The second-order valence-corrected chi connectivity index (χ2v) is 6.09. The fraction of sp³-hybridized carbons (Fsp3) is 0.250. The third-order valence-corrected chi connectivity index (χ3v) is 4.24. The van der Waals surface area contributed by atoms with Crippen molar-refractivity contribution < 1.29 is 18.7 Å². The Kier molecular flexibility index (Phi) is 5.74. The number of esters is 1. The van der Waals surface area contributed by atoms with E-state index in [1.807, 2.05) is 6.07 Å². The summed E-state index contributed by atoms with van der Waals surface area (Å²) in [5.74, 6) is -0.955. The van der Waals surface area contributed by atoms with Crippen LogP contribution >= 0.6 is 0 Å². The molecule has 0 unspecified atom stereocenters. The average molecular weight is 394 g/mol. The number of fused-ring (bicyclic) bond motifs is 1. The number of aryl methyl sites for hydroxylation is 1. The van der Waals surface area contributed by atoms with Crippen molar-refractivity contribution in [1.29, 1.82) is 5.26 Å². The molecule has 2 heterocycles. The summed E-state index contributed by atoms with van der Waals surface area (Å²) in [5, 5.41) is 9.03. The van der Waals surface area contributed by atoms with Gasteiger partial charge in [-0.05, 0) is 26.0 Å². The highest BCUT2D eigenvalue weighted by molar-refractivity contribution is 6.03. The van der Waals surface area contributed by atoms with Crippen molar-refractivity contribution in [1.82, 2.24) is 9.55 Å². The van der Waals surface area contributed by atoms with Crippen LogP contribution in [0.15, 0.2) is 45.9 Å². The second kappa shape index (κ2) is 8.39. The van der Waals surface area contributed by atoms with Gasteiger partial charge in [0.15, 0.2) is 0 Å². The molecule has 1 amide bonds. The number of amides is 1. The third-order valence-electron chi connectivity index (χ3n) is 4.24. The number of para-hydroxylation sites is 1. The standard InChI is InChI=1S/C20H18N4O5/c1-3-28-20(27)16-13(2)29-18-17(16)19(26)23(12-22-18)11-15(25)24(10-9-21)14-7-5-4-6-8-14/h4-8,12H,3,10-11H2,1-2H3. The van der Waals surface area contributed by atoms with Gasteiger partial charge in [0.1, 0.15) is 36.1 Å². The number of nitriles is 1. The first kappa shape index (κ1) is 19.8. The van der Waals surface area contributed by atoms with E-state index in [9.17, 15) is 14.4 Å². The van der Waals surface area contributed by atoms with Crippen molar-refractivity contribution in [2.75, 3.05) is 18.1 Å². The monoisotopic (exact) mass is 394 g/mol. The van der Waals surface area contributed by atoms with Gasteiger partial charge in [-0.3, -0.25) is 19.1 Å². The van der Waals surface area contributed by atoms with Gasteiger partial charge < -0.3 is 9.15 Å². The Bertz CT molecular complexity index is 1160. The van der Waals surface area contributed by atoms with Crippen LogP contribution in [-0.4, -0.2) is 34.6 Å². The summed E-state index contributed by atoms with van der Waals surface area (Å²) in [4.78, 5) is 43.3. The van der Waals surface area contributed by atoms with E-state index in [4.69, 9.17) is 14.4 Å². The molecule has 29 heavy (non-hydrogen) atoms. The van der Waals surface area contributed by atoms with E-state index in [1.54, 1.807) is 37.3 Å². The normalized spacial score (nSPS) is 10.5. The molecule has 0 fully saturated rings. The van der Waals surface area contributed by atoms with Crippen LogP contribution in [0.25, 0.3) is 11.1 Å². The van der Waals surface area contributed by atoms with Crippen molar-refractivity contribution in [3.05, 3.63) is 58.3 Å². The number of hydrogen-bond acceptors (Lipinski definition) is 7. The van der Waals surface area contributed by atoms with Crippen LogP contribution in [0.5, 0.6) is 0 Å². The number of rotatable bonds is 6. The van der Waals surface area contributed by atoms with Crippen LogP contribution in [-0.2, 0) is 16.1 Å². The van der Waals surface area contributed by atoms with Crippen molar-refractivity contribution >= 4 is 28.7 Å². The lowest BCUT2D eigenvalue weighted by atomic mass is 10.2. The topological polar surface area (TPSA) is 118 Å². The Morgan fingerprint density at radius 1 is 1.31 bits per heavy atom. The van der Waals surface area contributed by atoms with Crippen LogP contribution in [0.2, 0.25) is 0 Å². The average Bonchev–Trinajstić information content (AvgIpc) is 3.06. The Morgan fingerprint density at radius 3 is 2.69 bits per heavy atom. The van der Waals surface area contributed by atoms with Crippen molar-refractivity contribution in [3.8, 4) is 6.07 Å². The maximum atomic E-state index is 12.9. The molecule has 3 rings (SSSR count). The summed E-state index contributed by atoms with van der Waals surface area (Å²) in [6.07, 6.45) is 1.18. The number of benzene rings is 1. The first-order valence-electron chi connectivity index (χ1n) is 8.86. The Morgan fingerprint density at radius 2 is 2.03 bits per heavy atom. The molecule has 0 bridgehead atoms. The molecule has 9 nitrogen and oxygen atoms in total. The number of hydrogen-bond donors (Lipinski definition) is 0. The van der Waals surface area contributed by atoms with Crippen LogP contribution in [0, 0.1) is 18.3 Å². The van der Waals surface area contributed by atoms with E-state index in [-0.39, 0.29) is 42.1 Å². The Hall–Kier alpha value is -3.93. The number of furan rings is 1. The zero-order valence-corrected chi connectivity index (χ0v) is 15.9. The summed E-state index contributed by atoms with van der Waals surface area (Å²) < 4.78 is 11.5. The molecule has 0 N–H and O–H groups in total. The molecule has 0 radical (unpaired) electrons. The summed E-state index contributed by atoms with van der Waals surface area (Å²) in [6, 6.07) is 10.6. The number of ether oxygens (including phenoxy) is 1. The quantitative estimate of drug-likeness (QED) is 0.463. The Labute approximate surface area is 165 Å². The summed E-state index contributed by atoms with van der Waals surface area (Å²) in [5.41, 5.74) is -0.0741. The number of nitrogens with zero attached hydrogens (tertiary/aromatic N) is 4. The molecular formula is C20H18N4O5. The molecule has 0 atom stereocenters. The van der Waals surface area contributed by atoms with E-state index < -0.39 is 17.4 Å². The van der Waals surface area contributed by atoms with E-state index in [1.165, 1.54) is 18.2 Å². The fourth-order valence-corrected chi connectivity index (χ4v) is 2.93. The molecular weight excluding hydrogens is 376 g/mol. The second-order valence-electron chi connectivity index (χ2n) is 6.09. The summed E-state index contributed by atoms with van der Waals surface area (Å²) >= 11 is 0. The number of anilines is 1. The number of carbonyl (C=O) groups excluding carboxylic acids is 2. The van der Waals surface area contributed by atoms with Gasteiger partial charge in [0.05, 0.1) is 12.7 Å². The Balaban J connectivity index is 2.00. The first-order chi connectivity index (χ1) is 14.0. The molecule has 148 valence electrons. The van der Waals surface area contributed by atoms with Crippen molar-refractivity contribution in [2.45, 2.75) is 20.4 Å². The lowest BCUT2D eigenvalue weighted by Gasteiger charge is -2.20. The molecule has 3 aromatic rings. The van der Waals surface area contributed by atoms with Gasteiger partial charge in [-0.25, -0.2) is 9.78 Å². The first-order valence-corrected chi connectivity index (χ1v) is 8.86. The molecule has 1 aromatic carbocycles. The van der Waals surface area contributed by atoms with Crippen molar-refractivity contribution in [2.24, 2.45) is 0 Å². The largest absolute Gasteiger partial charge is 0.462 e. The predicted octanol–water partition coefficient (Wildman–Crippen LogP) is 2.03. The molecule has 0 aliphatic carbocycles. The third kappa shape index (κ3) is 3.87. The zero-order chi connectivity index (χ0) is 21.0. The van der Waals surface area contributed by atoms with Gasteiger partial charge in [-0.1, -0.05) is 18.2 Å².